The minimum Gasteiger partial charge on any atom is -0.497 e. The minimum absolute atomic E-state index is 0.00153. The number of rotatable bonds is 9. The van der Waals surface area contributed by atoms with Crippen LogP contribution in [0.2, 0.25) is 5.02 Å². The number of methoxy groups -OCH3 is 2. The molecule has 2 aromatic rings. The molecule has 31 heavy (non-hydrogen) atoms. The van der Waals surface area contributed by atoms with Crippen LogP contribution in [0.4, 0.5) is 5.69 Å². The van der Waals surface area contributed by atoms with E-state index in [0.29, 0.717) is 27.8 Å². The van der Waals surface area contributed by atoms with E-state index in [1.807, 2.05) is 13.8 Å². The molecule has 0 aromatic heterocycles. The van der Waals surface area contributed by atoms with E-state index in [2.05, 4.69) is 5.32 Å². The molecule has 1 aliphatic heterocycles. The molecular formula is C23H25ClN2O5. The summed E-state index contributed by atoms with van der Waals surface area (Å²) in [6.45, 7) is 4.20. The van der Waals surface area contributed by atoms with Crippen molar-refractivity contribution >= 4 is 34.7 Å². The highest BCUT2D eigenvalue weighted by atomic mass is 35.5. The molecule has 0 unspecified atom stereocenters. The number of carbonyl (C=O) groups is 2. The molecule has 0 aliphatic carbocycles. The summed E-state index contributed by atoms with van der Waals surface area (Å²) in [7, 11) is 3.08. The second kappa shape index (κ2) is 9.85. The average molecular weight is 445 g/mol. The molecule has 0 spiro atoms. The molecule has 0 saturated carbocycles. The standard InChI is InChI=1S/C23H25ClN2O5/c1-14(2)31-10-9-26-22(27)20(15-5-7-16(24)8-6-15)21(23(26)28)25-17-11-18(29-3)13-19(12-17)30-4/h5-8,11-14,25H,9-10H2,1-4H3. The van der Waals surface area contributed by atoms with Gasteiger partial charge in [0.2, 0.25) is 0 Å². The first kappa shape index (κ1) is 22.7. The Balaban J connectivity index is 2.00. The first-order valence-corrected chi connectivity index (χ1v) is 10.2. The Hall–Kier alpha value is -3.03. The molecule has 3 rings (SSSR count). The number of ether oxygens (including phenoxy) is 3. The fourth-order valence-corrected chi connectivity index (χ4v) is 3.31. The number of anilines is 1. The minimum atomic E-state index is -0.427. The lowest BCUT2D eigenvalue weighted by Crippen LogP contribution is -2.35. The molecule has 1 N–H and O–H groups in total. The van der Waals surface area contributed by atoms with Crippen molar-refractivity contribution in [3.05, 3.63) is 58.7 Å². The predicted octanol–water partition coefficient (Wildman–Crippen LogP) is 3.97. The number of benzene rings is 2. The molecule has 2 amide bonds. The van der Waals surface area contributed by atoms with Crippen LogP contribution >= 0.6 is 11.6 Å². The quantitative estimate of drug-likeness (QED) is 0.589. The molecular weight excluding hydrogens is 420 g/mol. The van der Waals surface area contributed by atoms with Gasteiger partial charge in [0.1, 0.15) is 17.2 Å². The van der Waals surface area contributed by atoms with E-state index in [-0.39, 0.29) is 30.5 Å². The van der Waals surface area contributed by atoms with Crippen molar-refractivity contribution in [3.8, 4) is 11.5 Å². The topological polar surface area (TPSA) is 77.1 Å². The summed E-state index contributed by atoms with van der Waals surface area (Å²) in [6, 6.07) is 11.9. The number of nitrogens with one attached hydrogen (secondary N) is 1. The third-order valence-electron chi connectivity index (χ3n) is 4.69. The van der Waals surface area contributed by atoms with E-state index >= 15 is 0 Å². The number of carbonyl (C=O) groups excluding carboxylic acids is 2. The van der Waals surface area contributed by atoms with Gasteiger partial charge in [-0.25, -0.2) is 0 Å². The lowest BCUT2D eigenvalue weighted by Gasteiger charge is -2.16. The Morgan fingerprint density at radius 1 is 0.968 bits per heavy atom. The van der Waals surface area contributed by atoms with Gasteiger partial charge in [-0.2, -0.15) is 0 Å². The zero-order valence-electron chi connectivity index (χ0n) is 17.9. The van der Waals surface area contributed by atoms with E-state index < -0.39 is 11.8 Å². The van der Waals surface area contributed by atoms with Gasteiger partial charge in [0.25, 0.3) is 11.8 Å². The highest BCUT2D eigenvalue weighted by molar-refractivity contribution is 6.36. The van der Waals surface area contributed by atoms with E-state index in [4.69, 9.17) is 25.8 Å². The van der Waals surface area contributed by atoms with Crippen molar-refractivity contribution in [2.75, 3.05) is 32.7 Å². The highest BCUT2D eigenvalue weighted by Crippen LogP contribution is 2.33. The summed E-state index contributed by atoms with van der Waals surface area (Å²) >= 11 is 6.00. The van der Waals surface area contributed by atoms with E-state index in [0.717, 1.165) is 0 Å². The molecule has 7 nitrogen and oxygen atoms in total. The maximum atomic E-state index is 13.2. The van der Waals surface area contributed by atoms with Gasteiger partial charge in [-0.3, -0.25) is 14.5 Å². The summed E-state index contributed by atoms with van der Waals surface area (Å²) < 4.78 is 16.1. The summed E-state index contributed by atoms with van der Waals surface area (Å²) in [4.78, 5) is 27.6. The van der Waals surface area contributed by atoms with Crippen molar-refractivity contribution < 1.29 is 23.8 Å². The van der Waals surface area contributed by atoms with Gasteiger partial charge in [-0.15, -0.1) is 0 Å². The van der Waals surface area contributed by atoms with Gasteiger partial charge in [0, 0.05) is 28.9 Å². The molecule has 0 fully saturated rings. The molecule has 164 valence electrons. The van der Waals surface area contributed by atoms with Crippen LogP contribution in [0.15, 0.2) is 48.2 Å². The monoisotopic (exact) mass is 444 g/mol. The van der Waals surface area contributed by atoms with Gasteiger partial charge in [0.15, 0.2) is 0 Å². The van der Waals surface area contributed by atoms with Gasteiger partial charge < -0.3 is 19.5 Å². The second-order valence-electron chi connectivity index (χ2n) is 7.16. The van der Waals surface area contributed by atoms with Crippen LogP contribution in [0.5, 0.6) is 11.5 Å². The van der Waals surface area contributed by atoms with Crippen LogP contribution in [-0.2, 0) is 14.3 Å². The fourth-order valence-electron chi connectivity index (χ4n) is 3.18. The maximum Gasteiger partial charge on any atom is 0.278 e. The Morgan fingerprint density at radius 3 is 2.13 bits per heavy atom. The summed E-state index contributed by atoms with van der Waals surface area (Å²) in [6.07, 6.45) is -0.00153. The normalized spacial score (nSPS) is 13.9. The average Bonchev–Trinajstić information content (AvgIpc) is 2.98. The van der Waals surface area contributed by atoms with Gasteiger partial charge in [0.05, 0.1) is 39.0 Å². The Bertz CT molecular complexity index is 979. The van der Waals surface area contributed by atoms with Gasteiger partial charge in [-0.1, -0.05) is 23.7 Å². The third-order valence-corrected chi connectivity index (χ3v) is 4.94. The van der Waals surface area contributed by atoms with Crippen molar-refractivity contribution in [1.82, 2.24) is 4.90 Å². The van der Waals surface area contributed by atoms with Crippen LogP contribution in [0.3, 0.4) is 0 Å². The third kappa shape index (κ3) is 5.18. The number of halogens is 1. The van der Waals surface area contributed by atoms with E-state index in [9.17, 15) is 9.59 Å². The molecule has 0 saturated heterocycles. The molecule has 1 aliphatic rings. The largest absolute Gasteiger partial charge is 0.497 e. The Labute approximate surface area is 186 Å². The predicted molar refractivity (Wildman–Crippen MR) is 119 cm³/mol. The van der Waals surface area contributed by atoms with Crippen LogP contribution in [0, 0.1) is 0 Å². The van der Waals surface area contributed by atoms with Gasteiger partial charge in [-0.05, 0) is 31.5 Å². The number of amides is 2. The number of hydrogen-bond acceptors (Lipinski definition) is 6. The van der Waals surface area contributed by atoms with E-state index in [1.54, 1.807) is 42.5 Å². The van der Waals surface area contributed by atoms with Crippen LogP contribution < -0.4 is 14.8 Å². The van der Waals surface area contributed by atoms with Gasteiger partial charge >= 0.3 is 0 Å². The number of nitrogens with zero attached hydrogens (tertiary/aromatic N) is 1. The second-order valence-corrected chi connectivity index (χ2v) is 7.60. The summed E-state index contributed by atoms with van der Waals surface area (Å²) in [5.74, 6) is 0.282. The Kier molecular flexibility index (Phi) is 7.20. The lowest BCUT2D eigenvalue weighted by molar-refractivity contribution is -0.137. The first-order valence-electron chi connectivity index (χ1n) is 9.82. The fraction of sp³-hybridized carbons (Fsp3) is 0.304. The summed E-state index contributed by atoms with van der Waals surface area (Å²) in [5, 5.41) is 3.63. The number of imide groups is 1. The van der Waals surface area contributed by atoms with E-state index in [1.165, 1.54) is 19.1 Å². The van der Waals surface area contributed by atoms with Crippen molar-refractivity contribution in [1.29, 1.82) is 0 Å². The zero-order valence-corrected chi connectivity index (χ0v) is 18.7. The van der Waals surface area contributed by atoms with Crippen LogP contribution in [0.25, 0.3) is 5.57 Å². The lowest BCUT2D eigenvalue weighted by atomic mass is 10.0. The smallest absolute Gasteiger partial charge is 0.278 e. The summed E-state index contributed by atoms with van der Waals surface area (Å²) in [5.41, 5.74) is 1.59. The SMILES string of the molecule is COc1cc(NC2=C(c3ccc(Cl)cc3)C(=O)N(CCOC(C)C)C2=O)cc(OC)c1. The number of hydrogen-bond donors (Lipinski definition) is 1. The molecule has 8 heteroatoms. The van der Waals surface area contributed by atoms with Crippen LogP contribution in [-0.4, -0.2) is 50.2 Å². The molecule has 0 atom stereocenters. The molecule has 0 radical (unpaired) electrons. The molecule has 2 aromatic carbocycles. The highest BCUT2D eigenvalue weighted by Gasteiger charge is 2.39. The first-order chi connectivity index (χ1) is 14.8. The van der Waals surface area contributed by atoms with Crippen LogP contribution in [0.1, 0.15) is 19.4 Å². The Morgan fingerprint density at radius 2 is 1.58 bits per heavy atom. The zero-order chi connectivity index (χ0) is 22.5. The molecule has 0 bridgehead atoms. The molecule has 1 heterocycles. The van der Waals surface area contributed by atoms with Crippen molar-refractivity contribution in [3.63, 3.8) is 0 Å². The van der Waals surface area contributed by atoms with Crippen molar-refractivity contribution in [2.45, 2.75) is 20.0 Å². The maximum absolute atomic E-state index is 13.2. The van der Waals surface area contributed by atoms with Crippen molar-refractivity contribution in [2.24, 2.45) is 0 Å².